The molecule has 0 spiro atoms. The van der Waals surface area contributed by atoms with Gasteiger partial charge in [-0.2, -0.15) is 0 Å². The molecule has 2 atom stereocenters. The molecule has 0 amide bonds. The third-order valence-electron chi connectivity index (χ3n) is 5.39. The molecule has 0 aliphatic heterocycles. The molecule has 0 saturated heterocycles. The van der Waals surface area contributed by atoms with Crippen molar-refractivity contribution in [2.75, 3.05) is 33.6 Å². The van der Waals surface area contributed by atoms with Crippen LogP contribution in [-0.2, 0) is 0 Å². The second-order valence-electron chi connectivity index (χ2n) is 9.62. The quantitative estimate of drug-likeness (QED) is 0.274. The van der Waals surface area contributed by atoms with Gasteiger partial charge in [0.25, 0.3) is 0 Å². The number of methoxy groups -OCH3 is 2. The molecule has 0 bridgehead atoms. The first-order valence-corrected chi connectivity index (χ1v) is 13.6. The Morgan fingerprint density at radius 2 is 1.20 bits per heavy atom. The maximum Gasteiger partial charge on any atom is 0.199 e. The Kier molecular flexibility index (Phi) is 10.6. The van der Waals surface area contributed by atoms with Gasteiger partial charge in [-0.05, 0) is 62.0 Å². The van der Waals surface area contributed by atoms with Crippen molar-refractivity contribution in [2.45, 2.75) is 48.0 Å². The van der Waals surface area contributed by atoms with E-state index in [1.807, 2.05) is 13.8 Å². The third-order valence-corrected chi connectivity index (χ3v) is 7.80. The van der Waals surface area contributed by atoms with Crippen molar-refractivity contribution in [3.8, 4) is 23.0 Å². The van der Waals surface area contributed by atoms with Crippen molar-refractivity contribution < 1.29 is 28.5 Å². The highest BCUT2D eigenvalue weighted by atomic mass is 31.1. The Labute approximate surface area is 211 Å². The lowest BCUT2D eigenvalue weighted by atomic mass is 9.86. The molecule has 0 aliphatic rings. The molecule has 0 saturated carbocycles. The molecule has 0 N–H and O–H groups in total. The lowest BCUT2D eigenvalue weighted by Crippen LogP contribution is -2.19. The monoisotopic (exact) mass is 502 g/mol. The Balaban J connectivity index is 2.67. The number of ether oxygens (including phenoxy) is 4. The Morgan fingerprint density at radius 3 is 1.57 bits per heavy atom. The van der Waals surface area contributed by atoms with Crippen LogP contribution in [0.1, 0.15) is 68.7 Å². The van der Waals surface area contributed by atoms with Crippen molar-refractivity contribution in [3.63, 3.8) is 0 Å². The molecule has 7 heteroatoms. The number of carbonyl (C=O) groups is 2. The summed E-state index contributed by atoms with van der Waals surface area (Å²) in [4.78, 5) is 28.3. The Morgan fingerprint density at radius 1 is 0.800 bits per heavy atom. The summed E-state index contributed by atoms with van der Waals surface area (Å²) in [5.41, 5.74) is 0.160. The number of carbonyl (C=O) groups excluding carboxylic acids is 2. The molecular formula is C28H39O6P. The smallest absolute Gasteiger partial charge is 0.199 e. The van der Waals surface area contributed by atoms with Crippen LogP contribution in [0.5, 0.6) is 23.0 Å². The second kappa shape index (κ2) is 12.9. The van der Waals surface area contributed by atoms with Crippen molar-refractivity contribution >= 4 is 19.0 Å². The maximum absolute atomic E-state index is 14.2. The van der Waals surface area contributed by atoms with Gasteiger partial charge in [-0.3, -0.25) is 9.59 Å². The van der Waals surface area contributed by atoms with E-state index in [1.54, 1.807) is 36.4 Å². The van der Waals surface area contributed by atoms with E-state index in [1.165, 1.54) is 14.2 Å². The van der Waals surface area contributed by atoms with E-state index in [2.05, 4.69) is 27.7 Å². The van der Waals surface area contributed by atoms with Crippen molar-refractivity contribution in [1.29, 1.82) is 0 Å². The average molecular weight is 503 g/mol. The van der Waals surface area contributed by atoms with Gasteiger partial charge in [0.05, 0.1) is 27.4 Å². The van der Waals surface area contributed by atoms with Gasteiger partial charge in [0.1, 0.15) is 34.1 Å². The molecule has 0 aliphatic carbocycles. The van der Waals surface area contributed by atoms with Crippen LogP contribution in [-0.4, -0.2) is 44.6 Å². The fraction of sp³-hybridized carbons (Fsp3) is 0.500. The number of rotatable bonds is 13. The summed E-state index contributed by atoms with van der Waals surface area (Å²) in [5.74, 6) is 1.78. The number of hydrogen-bond donors (Lipinski definition) is 0. The maximum atomic E-state index is 14.2. The van der Waals surface area contributed by atoms with Crippen LogP contribution in [0.3, 0.4) is 0 Å². The standard InChI is InChI=1S/C28H39O6P/c1-9-33-22-15-12-16-23(34-10-2)25(22)27(30)35(18-19(3)17-28(4,5)6)26(29)24-20(31-7)13-11-14-21(24)32-8/h11-16,19H,9-10,17-18H2,1-8H3. The molecule has 192 valence electrons. The minimum atomic E-state index is -1.82. The van der Waals surface area contributed by atoms with Crippen molar-refractivity contribution in [1.82, 2.24) is 0 Å². The van der Waals surface area contributed by atoms with E-state index in [0.717, 1.165) is 6.42 Å². The third kappa shape index (κ3) is 7.44. The predicted octanol–water partition coefficient (Wildman–Crippen LogP) is 7.04. The average Bonchev–Trinajstić information content (AvgIpc) is 2.80. The lowest BCUT2D eigenvalue weighted by Gasteiger charge is -2.27. The SMILES string of the molecule is CCOc1cccc(OCC)c1C(=O)P(CC(C)CC(C)(C)C)C(=O)c1c(OC)cccc1OC. The van der Waals surface area contributed by atoms with E-state index in [9.17, 15) is 9.59 Å². The molecular weight excluding hydrogens is 463 g/mol. The molecule has 0 aromatic heterocycles. The van der Waals surface area contributed by atoms with Gasteiger partial charge < -0.3 is 18.9 Å². The van der Waals surface area contributed by atoms with Gasteiger partial charge in [-0.1, -0.05) is 39.8 Å². The second-order valence-corrected chi connectivity index (χ2v) is 11.7. The van der Waals surface area contributed by atoms with Gasteiger partial charge in [0.15, 0.2) is 11.0 Å². The molecule has 6 nitrogen and oxygen atoms in total. The van der Waals surface area contributed by atoms with Gasteiger partial charge in [-0.15, -0.1) is 0 Å². The molecule has 2 aromatic rings. The highest BCUT2D eigenvalue weighted by Gasteiger charge is 2.37. The molecule has 2 aromatic carbocycles. The van der Waals surface area contributed by atoms with E-state index in [4.69, 9.17) is 18.9 Å². The Hall–Kier alpha value is -2.59. The van der Waals surface area contributed by atoms with Crippen LogP contribution in [0.4, 0.5) is 0 Å². The first-order valence-electron chi connectivity index (χ1n) is 12.0. The molecule has 0 heterocycles. The molecule has 0 fully saturated rings. The molecule has 2 rings (SSSR count). The number of benzene rings is 2. The van der Waals surface area contributed by atoms with Crippen molar-refractivity contribution in [2.24, 2.45) is 11.3 Å². The summed E-state index contributed by atoms with van der Waals surface area (Å²) in [6.45, 7) is 13.1. The predicted molar refractivity (Wildman–Crippen MR) is 142 cm³/mol. The van der Waals surface area contributed by atoms with E-state index >= 15 is 0 Å². The summed E-state index contributed by atoms with van der Waals surface area (Å²) >= 11 is 0. The summed E-state index contributed by atoms with van der Waals surface area (Å²) in [6, 6.07) is 10.5. The van der Waals surface area contributed by atoms with Crippen LogP contribution in [0.2, 0.25) is 0 Å². The van der Waals surface area contributed by atoms with E-state index < -0.39 is 7.92 Å². The van der Waals surface area contributed by atoms with Gasteiger partial charge in [0.2, 0.25) is 0 Å². The summed E-state index contributed by atoms with van der Waals surface area (Å²) in [5, 5.41) is 0. The van der Waals surface area contributed by atoms with Gasteiger partial charge in [0, 0.05) is 7.92 Å². The largest absolute Gasteiger partial charge is 0.496 e. The zero-order valence-electron chi connectivity index (χ0n) is 22.3. The fourth-order valence-electron chi connectivity index (χ4n) is 4.28. The van der Waals surface area contributed by atoms with Crippen LogP contribution in [0, 0.1) is 11.3 Å². The van der Waals surface area contributed by atoms with Crippen LogP contribution in [0.25, 0.3) is 0 Å². The van der Waals surface area contributed by atoms with Crippen LogP contribution < -0.4 is 18.9 Å². The van der Waals surface area contributed by atoms with Gasteiger partial charge in [-0.25, -0.2) is 0 Å². The zero-order chi connectivity index (χ0) is 26.2. The Bertz CT molecular complexity index is 964. The first-order chi connectivity index (χ1) is 16.6. The molecule has 0 radical (unpaired) electrons. The van der Waals surface area contributed by atoms with Crippen LogP contribution >= 0.6 is 7.92 Å². The summed E-state index contributed by atoms with van der Waals surface area (Å²) in [7, 11) is 1.20. The number of hydrogen-bond acceptors (Lipinski definition) is 6. The minimum absolute atomic E-state index is 0.0638. The lowest BCUT2D eigenvalue weighted by molar-refractivity contribution is 0.104. The van der Waals surface area contributed by atoms with Crippen LogP contribution in [0.15, 0.2) is 36.4 Å². The van der Waals surface area contributed by atoms with Crippen molar-refractivity contribution in [3.05, 3.63) is 47.5 Å². The normalized spacial score (nSPS) is 13.0. The zero-order valence-corrected chi connectivity index (χ0v) is 23.2. The van der Waals surface area contributed by atoms with E-state index in [-0.39, 0.29) is 22.4 Å². The topological polar surface area (TPSA) is 71.1 Å². The highest BCUT2D eigenvalue weighted by Crippen LogP contribution is 2.52. The first kappa shape index (κ1) is 28.6. The fourth-order valence-corrected chi connectivity index (χ4v) is 6.53. The summed E-state index contributed by atoms with van der Waals surface area (Å²) < 4.78 is 22.6. The molecule has 35 heavy (non-hydrogen) atoms. The van der Waals surface area contributed by atoms with Gasteiger partial charge >= 0.3 is 0 Å². The minimum Gasteiger partial charge on any atom is -0.496 e. The van der Waals surface area contributed by atoms with E-state index in [0.29, 0.717) is 53.5 Å². The molecule has 2 unspecified atom stereocenters. The summed E-state index contributed by atoms with van der Waals surface area (Å²) in [6.07, 6.45) is 1.32. The highest BCUT2D eigenvalue weighted by molar-refractivity contribution is 7.90.